The molecule has 2 rings (SSSR count). The Bertz CT molecular complexity index is 531. The van der Waals surface area contributed by atoms with Gasteiger partial charge in [-0.05, 0) is 29.3 Å². The van der Waals surface area contributed by atoms with Crippen LogP contribution in [0.1, 0.15) is 0 Å². The van der Waals surface area contributed by atoms with Gasteiger partial charge in [0, 0.05) is 4.47 Å². The van der Waals surface area contributed by atoms with Gasteiger partial charge in [-0.25, -0.2) is 0 Å². The van der Waals surface area contributed by atoms with Crippen LogP contribution >= 0.6 is 27.5 Å². The second-order valence-corrected chi connectivity index (χ2v) is 5.29. The first kappa shape index (κ1) is 14.4. The zero-order valence-corrected chi connectivity index (χ0v) is 12.6. The standard InChI is InChI=1S/C15H14BrClO2/c16-15-8-13(19-10-12(18)9-17)6-7-14(15)11-4-2-1-3-5-11/h1-8,12,18H,9-10H2/t12-/m0/s1. The van der Waals surface area contributed by atoms with E-state index in [2.05, 4.69) is 28.1 Å². The molecule has 1 atom stereocenters. The normalized spacial score (nSPS) is 12.2. The molecule has 0 amide bonds. The molecule has 0 spiro atoms. The number of ether oxygens (including phenoxy) is 1. The molecule has 0 fully saturated rings. The molecule has 19 heavy (non-hydrogen) atoms. The summed E-state index contributed by atoms with van der Waals surface area (Å²) in [5.74, 6) is 0.874. The van der Waals surface area contributed by atoms with Crippen LogP contribution < -0.4 is 4.74 Å². The molecule has 2 aromatic carbocycles. The summed E-state index contributed by atoms with van der Waals surface area (Å²) in [5.41, 5.74) is 2.24. The third kappa shape index (κ3) is 3.96. The van der Waals surface area contributed by atoms with E-state index < -0.39 is 6.10 Å². The Hall–Kier alpha value is -1.03. The van der Waals surface area contributed by atoms with Gasteiger partial charge < -0.3 is 9.84 Å². The number of halogens is 2. The van der Waals surface area contributed by atoms with Crippen molar-refractivity contribution in [1.82, 2.24) is 0 Å². The highest BCUT2D eigenvalue weighted by Gasteiger charge is 2.06. The lowest BCUT2D eigenvalue weighted by Crippen LogP contribution is -2.18. The molecule has 0 unspecified atom stereocenters. The van der Waals surface area contributed by atoms with E-state index in [-0.39, 0.29) is 12.5 Å². The summed E-state index contributed by atoms with van der Waals surface area (Å²) >= 11 is 9.05. The molecule has 2 aromatic rings. The molecular weight excluding hydrogens is 328 g/mol. The van der Waals surface area contributed by atoms with Gasteiger partial charge in [-0.15, -0.1) is 11.6 Å². The number of benzene rings is 2. The van der Waals surface area contributed by atoms with Crippen LogP contribution in [0.3, 0.4) is 0 Å². The Morgan fingerprint density at radius 3 is 2.53 bits per heavy atom. The predicted octanol–water partition coefficient (Wildman–Crippen LogP) is 4.09. The molecule has 0 aromatic heterocycles. The maximum absolute atomic E-state index is 9.35. The molecule has 0 aliphatic rings. The lowest BCUT2D eigenvalue weighted by atomic mass is 10.1. The second kappa shape index (κ2) is 6.94. The van der Waals surface area contributed by atoms with Gasteiger partial charge in [-0.3, -0.25) is 0 Å². The number of hydrogen-bond acceptors (Lipinski definition) is 2. The molecule has 0 aliphatic carbocycles. The summed E-state index contributed by atoms with van der Waals surface area (Å²) < 4.78 is 6.42. The van der Waals surface area contributed by atoms with Gasteiger partial charge in [0.15, 0.2) is 0 Å². The van der Waals surface area contributed by atoms with E-state index in [1.165, 1.54) is 0 Å². The van der Waals surface area contributed by atoms with E-state index in [4.69, 9.17) is 16.3 Å². The molecule has 0 aliphatic heterocycles. The maximum atomic E-state index is 9.35. The lowest BCUT2D eigenvalue weighted by molar-refractivity contribution is 0.125. The molecule has 0 bridgehead atoms. The number of rotatable bonds is 5. The average Bonchev–Trinajstić information content (AvgIpc) is 2.45. The summed E-state index contributed by atoms with van der Waals surface area (Å²) in [7, 11) is 0. The van der Waals surface area contributed by atoms with Crippen molar-refractivity contribution in [1.29, 1.82) is 0 Å². The molecule has 2 nitrogen and oxygen atoms in total. The zero-order valence-electron chi connectivity index (χ0n) is 10.2. The van der Waals surface area contributed by atoms with Crippen LogP contribution in [0.5, 0.6) is 5.75 Å². The minimum absolute atomic E-state index is 0.170. The van der Waals surface area contributed by atoms with Crippen LogP contribution in [-0.2, 0) is 0 Å². The van der Waals surface area contributed by atoms with Gasteiger partial charge in [-0.2, -0.15) is 0 Å². The highest BCUT2D eigenvalue weighted by Crippen LogP contribution is 2.31. The molecular formula is C15H14BrClO2. The van der Waals surface area contributed by atoms with Gasteiger partial charge in [0.2, 0.25) is 0 Å². The number of aliphatic hydroxyl groups is 1. The third-order valence-electron chi connectivity index (χ3n) is 2.65. The number of aliphatic hydroxyl groups excluding tert-OH is 1. The van der Waals surface area contributed by atoms with Crippen LogP contribution in [0.25, 0.3) is 11.1 Å². The van der Waals surface area contributed by atoms with Crippen molar-refractivity contribution in [3.63, 3.8) is 0 Å². The first-order valence-electron chi connectivity index (χ1n) is 5.92. The predicted molar refractivity (Wildman–Crippen MR) is 81.8 cm³/mol. The van der Waals surface area contributed by atoms with E-state index in [0.717, 1.165) is 15.6 Å². The first-order valence-corrected chi connectivity index (χ1v) is 7.25. The third-order valence-corrected chi connectivity index (χ3v) is 3.66. The zero-order chi connectivity index (χ0) is 13.7. The van der Waals surface area contributed by atoms with Crippen molar-refractivity contribution in [3.05, 3.63) is 53.0 Å². The highest BCUT2D eigenvalue weighted by molar-refractivity contribution is 9.10. The SMILES string of the molecule is O[C@@H](CCl)COc1ccc(-c2ccccc2)c(Br)c1. The van der Waals surface area contributed by atoms with E-state index >= 15 is 0 Å². The molecule has 100 valence electrons. The minimum atomic E-state index is -0.644. The van der Waals surface area contributed by atoms with Crippen LogP contribution in [0.2, 0.25) is 0 Å². The van der Waals surface area contributed by atoms with E-state index in [9.17, 15) is 5.11 Å². The average molecular weight is 342 g/mol. The van der Waals surface area contributed by atoms with Crippen LogP contribution in [0, 0.1) is 0 Å². The Morgan fingerprint density at radius 2 is 1.89 bits per heavy atom. The van der Waals surface area contributed by atoms with Crippen molar-refractivity contribution in [2.24, 2.45) is 0 Å². The van der Waals surface area contributed by atoms with Gasteiger partial charge in [0.25, 0.3) is 0 Å². The number of alkyl halides is 1. The quantitative estimate of drug-likeness (QED) is 0.830. The largest absolute Gasteiger partial charge is 0.491 e. The first-order chi connectivity index (χ1) is 9.20. The van der Waals surface area contributed by atoms with Gasteiger partial charge in [-0.1, -0.05) is 46.3 Å². The van der Waals surface area contributed by atoms with Crippen molar-refractivity contribution in [2.45, 2.75) is 6.10 Å². The summed E-state index contributed by atoms with van der Waals surface area (Å²) in [6, 6.07) is 15.9. The second-order valence-electron chi connectivity index (χ2n) is 4.13. The van der Waals surface area contributed by atoms with Crippen LogP contribution in [0.4, 0.5) is 0 Å². The van der Waals surface area contributed by atoms with Crippen LogP contribution in [0.15, 0.2) is 53.0 Å². The summed E-state index contributed by atoms with van der Waals surface area (Å²) in [6.45, 7) is 0.195. The van der Waals surface area contributed by atoms with Gasteiger partial charge in [0.05, 0.1) is 5.88 Å². The molecule has 0 heterocycles. The fraction of sp³-hybridized carbons (Fsp3) is 0.200. The molecule has 0 saturated carbocycles. The molecule has 1 N–H and O–H groups in total. The van der Waals surface area contributed by atoms with E-state index in [0.29, 0.717) is 5.75 Å². The summed E-state index contributed by atoms with van der Waals surface area (Å²) in [4.78, 5) is 0. The summed E-state index contributed by atoms with van der Waals surface area (Å²) in [5, 5.41) is 9.35. The minimum Gasteiger partial charge on any atom is -0.491 e. The van der Waals surface area contributed by atoms with E-state index in [1.54, 1.807) is 0 Å². The van der Waals surface area contributed by atoms with Gasteiger partial charge in [0.1, 0.15) is 18.5 Å². The fourth-order valence-electron chi connectivity index (χ4n) is 1.67. The maximum Gasteiger partial charge on any atom is 0.120 e. The highest BCUT2D eigenvalue weighted by atomic mass is 79.9. The van der Waals surface area contributed by atoms with Crippen molar-refractivity contribution in [2.75, 3.05) is 12.5 Å². The fourth-order valence-corrected chi connectivity index (χ4v) is 2.35. The lowest BCUT2D eigenvalue weighted by Gasteiger charge is -2.11. The number of hydrogen-bond donors (Lipinski definition) is 1. The van der Waals surface area contributed by atoms with E-state index in [1.807, 2.05) is 36.4 Å². The summed E-state index contributed by atoms with van der Waals surface area (Å²) in [6.07, 6.45) is -0.644. The Morgan fingerprint density at radius 1 is 1.16 bits per heavy atom. The molecule has 0 radical (unpaired) electrons. The van der Waals surface area contributed by atoms with Gasteiger partial charge >= 0.3 is 0 Å². The Labute approximate surface area is 126 Å². The topological polar surface area (TPSA) is 29.5 Å². The monoisotopic (exact) mass is 340 g/mol. The molecule has 4 heteroatoms. The van der Waals surface area contributed by atoms with Crippen molar-refractivity contribution in [3.8, 4) is 16.9 Å². The molecule has 0 saturated heterocycles. The van der Waals surface area contributed by atoms with Crippen molar-refractivity contribution >= 4 is 27.5 Å². The van der Waals surface area contributed by atoms with Crippen molar-refractivity contribution < 1.29 is 9.84 Å². The van der Waals surface area contributed by atoms with Crippen LogP contribution in [-0.4, -0.2) is 23.7 Å². The Balaban J connectivity index is 2.14. The Kier molecular flexibility index (Phi) is 5.25. The smallest absolute Gasteiger partial charge is 0.120 e.